The number of nitrogens with two attached hydrogens (primary N) is 1. The molecule has 9 heteroatoms. The molecule has 2 aliphatic heterocycles. The normalized spacial score (nSPS) is 14.8. The second-order valence-corrected chi connectivity index (χ2v) is 9.42. The smallest absolute Gasteiger partial charge is 0.336 e. The Bertz CT molecular complexity index is 1410. The van der Waals surface area contributed by atoms with E-state index in [4.69, 9.17) is 20.6 Å². The molecule has 3 aromatic carbocycles. The number of hydrogen-bond donors (Lipinski definition) is 3. The van der Waals surface area contributed by atoms with Crippen molar-refractivity contribution >= 4 is 23.4 Å². The minimum absolute atomic E-state index is 0.0368. The lowest BCUT2D eigenvalue weighted by Gasteiger charge is -2.27. The van der Waals surface area contributed by atoms with Gasteiger partial charge in [0.25, 0.3) is 5.91 Å². The molecule has 0 aromatic heterocycles. The number of nitrogens with one attached hydrogen (secondary N) is 1. The Morgan fingerprint density at radius 2 is 1.76 bits per heavy atom. The molecular formula is C29H30N4O5. The third-order valence-electron chi connectivity index (χ3n) is 7.15. The predicted octanol–water partition coefficient (Wildman–Crippen LogP) is 3.38. The van der Waals surface area contributed by atoms with Gasteiger partial charge in [-0.15, -0.1) is 0 Å². The van der Waals surface area contributed by atoms with Gasteiger partial charge >= 0.3 is 5.97 Å². The van der Waals surface area contributed by atoms with Crippen LogP contribution in [0, 0.1) is 5.41 Å². The number of fused-ring (bicyclic) bond motifs is 1. The zero-order valence-electron chi connectivity index (χ0n) is 21.2. The second-order valence-electron chi connectivity index (χ2n) is 9.42. The van der Waals surface area contributed by atoms with Crippen LogP contribution in [-0.4, -0.2) is 67.7 Å². The Hall–Kier alpha value is -4.37. The van der Waals surface area contributed by atoms with E-state index in [1.54, 1.807) is 23.1 Å². The average Bonchev–Trinajstić information content (AvgIpc) is 3.34. The first kappa shape index (κ1) is 25.3. The van der Waals surface area contributed by atoms with E-state index >= 15 is 0 Å². The number of carboxylic acids is 1. The number of carbonyl (C=O) groups excluding carboxylic acids is 1. The molecule has 0 spiro atoms. The van der Waals surface area contributed by atoms with Crippen LogP contribution >= 0.6 is 0 Å². The van der Waals surface area contributed by atoms with Crippen molar-refractivity contribution in [3.05, 3.63) is 82.4 Å². The molecule has 0 bridgehead atoms. The predicted molar refractivity (Wildman–Crippen MR) is 144 cm³/mol. The molecule has 2 heterocycles. The van der Waals surface area contributed by atoms with E-state index < -0.39 is 5.97 Å². The van der Waals surface area contributed by atoms with Crippen LogP contribution in [0.2, 0.25) is 0 Å². The van der Waals surface area contributed by atoms with Crippen LogP contribution in [0.3, 0.4) is 0 Å². The van der Waals surface area contributed by atoms with Gasteiger partial charge in [-0.2, -0.15) is 0 Å². The van der Waals surface area contributed by atoms with E-state index in [1.165, 1.54) is 13.2 Å². The number of ether oxygens (including phenoxy) is 2. The van der Waals surface area contributed by atoms with Crippen LogP contribution < -0.4 is 15.4 Å². The number of carboxylic acid groups (broad SMARTS) is 1. The minimum atomic E-state index is -1.07. The van der Waals surface area contributed by atoms with Crippen LogP contribution in [0.25, 0.3) is 11.1 Å². The number of carbonyl (C=O) groups is 2. The van der Waals surface area contributed by atoms with Crippen LogP contribution in [0.15, 0.2) is 54.6 Å². The highest BCUT2D eigenvalue weighted by molar-refractivity contribution is 6.00. The summed E-state index contributed by atoms with van der Waals surface area (Å²) in [7, 11) is 1.50. The molecule has 1 fully saturated rings. The topological polar surface area (TPSA) is 129 Å². The number of hydrogen-bond acceptors (Lipinski definition) is 6. The first-order chi connectivity index (χ1) is 18.4. The Morgan fingerprint density at radius 3 is 2.47 bits per heavy atom. The molecule has 196 valence electrons. The summed E-state index contributed by atoms with van der Waals surface area (Å²) in [6, 6.07) is 16.3. The van der Waals surface area contributed by atoms with Crippen LogP contribution in [0.1, 0.15) is 37.4 Å². The van der Waals surface area contributed by atoms with Crippen molar-refractivity contribution in [2.75, 3.05) is 44.9 Å². The molecular weight excluding hydrogens is 484 g/mol. The number of benzene rings is 3. The first-order valence-corrected chi connectivity index (χ1v) is 12.5. The molecule has 5 rings (SSSR count). The zero-order chi connectivity index (χ0) is 26.8. The van der Waals surface area contributed by atoms with Crippen LogP contribution in [-0.2, 0) is 17.7 Å². The van der Waals surface area contributed by atoms with Crippen molar-refractivity contribution < 1.29 is 24.2 Å². The number of anilines is 1. The lowest BCUT2D eigenvalue weighted by molar-refractivity contribution is 0.0303. The average molecular weight is 515 g/mol. The van der Waals surface area contributed by atoms with Crippen LogP contribution in [0.4, 0.5) is 5.69 Å². The molecule has 2 aliphatic rings. The molecule has 3 aromatic rings. The maximum absolute atomic E-state index is 13.3. The van der Waals surface area contributed by atoms with Gasteiger partial charge in [-0.3, -0.25) is 10.2 Å². The summed E-state index contributed by atoms with van der Waals surface area (Å²) in [6.07, 6.45) is 0.822. The number of amidine groups is 1. The molecule has 0 unspecified atom stereocenters. The monoisotopic (exact) mass is 514 g/mol. The fourth-order valence-electron chi connectivity index (χ4n) is 5.12. The molecule has 0 radical (unpaired) electrons. The Labute approximate surface area is 220 Å². The summed E-state index contributed by atoms with van der Waals surface area (Å²) in [5, 5.41) is 17.8. The van der Waals surface area contributed by atoms with Gasteiger partial charge in [-0.25, -0.2) is 4.79 Å². The van der Waals surface area contributed by atoms with Gasteiger partial charge in [0.2, 0.25) is 0 Å². The summed E-state index contributed by atoms with van der Waals surface area (Å²) in [5.41, 5.74) is 11.3. The molecule has 0 saturated carbocycles. The third-order valence-corrected chi connectivity index (χ3v) is 7.15. The summed E-state index contributed by atoms with van der Waals surface area (Å²) < 4.78 is 10.7. The lowest BCUT2D eigenvalue weighted by Crippen LogP contribution is -2.40. The van der Waals surface area contributed by atoms with Crippen molar-refractivity contribution in [1.82, 2.24) is 4.90 Å². The van der Waals surface area contributed by atoms with Gasteiger partial charge in [0, 0.05) is 43.0 Å². The Morgan fingerprint density at radius 1 is 1.00 bits per heavy atom. The fourth-order valence-corrected chi connectivity index (χ4v) is 5.12. The van der Waals surface area contributed by atoms with E-state index in [0.717, 1.165) is 29.8 Å². The first-order valence-electron chi connectivity index (χ1n) is 12.5. The molecule has 0 atom stereocenters. The van der Waals surface area contributed by atoms with E-state index in [2.05, 4.69) is 4.90 Å². The SMILES string of the molecule is COc1ccc(-c2cc(C(=O)N3CCOCC3)ccc2CN2CCc3cc(C(=N)N)ccc32)c(C(=O)O)c1. The highest BCUT2D eigenvalue weighted by Gasteiger charge is 2.25. The van der Waals surface area contributed by atoms with Crippen molar-refractivity contribution in [2.24, 2.45) is 5.73 Å². The highest BCUT2D eigenvalue weighted by Crippen LogP contribution is 2.35. The molecule has 9 nitrogen and oxygen atoms in total. The van der Waals surface area contributed by atoms with Gasteiger partial charge in [0.15, 0.2) is 0 Å². The molecule has 0 aliphatic carbocycles. The number of rotatable bonds is 7. The summed E-state index contributed by atoms with van der Waals surface area (Å²) in [6.45, 7) is 3.34. The Balaban J connectivity index is 1.56. The van der Waals surface area contributed by atoms with Crippen LogP contribution in [0.5, 0.6) is 5.75 Å². The van der Waals surface area contributed by atoms with E-state index in [1.807, 2.05) is 30.3 Å². The highest BCUT2D eigenvalue weighted by atomic mass is 16.5. The van der Waals surface area contributed by atoms with E-state index in [-0.39, 0.29) is 17.3 Å². The second kappa shape index (κ2) is 10.5. The molecule has 1 amide bonds. The lowest BCUT2D eigenvalue weighted by atomic mass is 9.92. The zero-order valence-corrected chi connectivity index (χ0v) is 21.2. The van der Waals surface area contributed by atoms with Crippen molar-refractivity contribution in [1.29, 1.82) is 5.41 Å². The standard InChI is InChI=1S/C29H30N4O5/c1-37-22-5-6-23(25(16-22)29(35)36)24-15-20(28(34)32-10-12-38-13-11-32)2-3-21(24)17-33-9-8-18-14-19(27(30)31)4-7-26(18)33/h2-7,14-16H,8-13,17H2,1H3,(H3,30,31)(H,35,36). The number of morpholine rings is 1. The quantitative estimate of drug-likeness (QED) is 0.326. The van der Waals surface area contributed by atoms with Crippen molar-refractivity contribution in [2.45, 2.75) is 13.0 Å². The summed E-state index contributed by atoms with van der Waals surface area (Å²) >= 11 is 0. The number of aromatic carboxylic acids is 1. The van der Waals surface area contributed by atoms with E-state index in [0.29, 0.717) is 60.9 Å². The van der Waals surface area contributed by atoms with Crippen molar-refractivity contribution in [3.8, 4) is 16.9 Å². The third kappa shape index (κ3) is 4.92. The Kier molecular flexibility index (Phi) is 7.02. The maximum atomic E-state index is 13.3. The maximum Gasteiger partial charge on any atom is 0.336 e. The molecule has 1 saturated heterocycles. The van der Waals surface area contributed by atoms with Gasteiger partial charge in [-0.05, 0) is 77.2 Å². The van der Waals surface area contributed by atoms with E-state index in [9.17, 15) is 14.7 Å². The van der Waals surface area contributed by atoms with Gasteiger partial charge < -0.3 is 30.1 Å². The molecule has 4 N–H and O–H groups in total. The molecule has 38 heavy (non-hydrogen) atoms. The van der Waals surface area contributed by atoms with Crippen molar-refractivity contribution in [3.63, 3.8) is 0 Å². The summed E-state index contributed by atoms with van der Waals surface area (Å²) in [5.74, 6) is -0.689. The van der Waals surface area contributed by atoms with Gasteiger partial charge in [0.05, 0.1) is 25.9 Å². The number of nitrogen functional groups attached to an aromatic ring is 1. The largest absolute Gasteiger partial charge is 0.497 e. The number of amides is 1. The van der Waals surface area contributed by atoms with Gasteiger partial charge in [0.1, 0.15) is 11.6 Å². The van der Waals surface area contributed by atoms with Gasteiger partial charge in [-0.1, -0.05) is 6.07 Å². The summed E-state index contributed by atoms with van der Waals surface area (Å²) in [4.78, 5) is 29.5. The minimum Gasteiger partial charge on any atom is -0.497 e. The fraction of sp³-hybridized carbons (Fsp3) is 0.276. The number of methoxy groups -OCH3 is 1. The number of nitrogens with zero attached hydrogens (tertiary/aromatic N) is 2.